The van der Waals surface area contributed by atoms with Crippen LogP contribution in [0, 0.1) is 0 Å². The van der Waals surface area contributed by atoms with Crippen molar-refractivity contribution in [2.45, 2.75) is 6.18 Å². The van der Waals surface area contributed by atoms with Crippen molar-refractivity contribution in [1.82, 2.24) is 4.98 Å². The standard InChI is InChI=1S/C12H7ClF3NO3/c1-19-10(18)9-8(6-3-2-4-7(13)5-6)17-11(20-9)12(14,15)16/h2-5H,1H3. The third kappa shape index (κ3) is 2.77. The first kappa shape index (κ1) is 14.4. The van der Waals surface area contributed by atoms with Crippen molar-refractivity contribution in [1.29, 1.82) is 0 Å². The highest BCUT2D eigenvalue weighted by molar-refractivity contribution is 6.30. The lowest BCUT2D eigenvalue weighted by atomic mass is 10.1. The molecule has 0 aliphatic carbocycles. The summed E-state index contributed by atoms with van der Waals surface area (Å²) >= 11 is 5.76. The minimum Gasteiger partial charge on any atom is -0.463 e. The van der Waals surface area contributed by atoms with Crippen LogP contribution < -0.4 is 0 Å². The second-order valence-electron chi connectivity index (χ2n) is 3.70. The van der Waals surface area contributed by atoms with E-state index in [-0.39, 0.29) is 16.3 Å². The van der Waals surface area contributed by atoms with Gasteiger partial charge in [-0.15, -0.1) is 0 Å². The summed E-state index contributed by atoms with van der Waals surface area (Å²) in [5.74, 6) is -3.20. The average Bonchev–Trinajstić information content (AvgIpc) is 2.82. The van der Waals surface area contributed by atoms with Crippen molar-refractivity contribution in [2.24, 2.45) is 0 Å². The fraction of sp³-hybridized carbons (Fsp3) is 0.167. The maximum absolute atomic E-state index is 12.6. The van der Waals surface area contributed by atoms with Gasteiger partial charge in [0, 0.05) is 10.6 Å². The first-order valence-corrected chi connectivity index (χ1v) is 5.63. The number of carbonyl (C=O) groups excluding carboxylic acids is 1. The number of aromatic nitrogens is 1. The van der Waals surface area contributed by atoms with Gasteiger partial charge in [0.05, 0.1) is 7.11 Å². The van der Waals surface area contributed by atoms with Crippen LogP contribution in [0.25, 0.3) is 11.3 Å². The van der Waals surface area contributed by atoms with Crippen molar-refractivity contribution in [3.8, 4) is 11.3 Å². The molecule has 20 heavy (non-hydrogen) atoms. The highest BCUT2D eigenvalue weighted by atomic mass is 35.5. The van der Waals surface area contributed by atoms with Crippen LogP contribution >= 0.6 is 11.6 Å². The minimum absolute atomic E-state index is 0.220. The maximum Gasteiger partial charge on any atom is 0.468 e. The van der Waals surface area contributed by atoms with Gasteiger partial charge in [-0.25, -0.2) is 9.78 Å². The number of oxazole rings is 1. The Morgan fingerprint density at radius 1 is 1.40 bits per heavy atom. The quantitative estimate of drug-likeness (QED) is 0.792. The van der Waals surface area contributed by atoms with E-state index in [0.717, 1.165) is 7.11 Å². The Kier molecular flexibility index (Phi) is 3.71. The number of methoxy groups -OCH3 is 1. The molecule has 1 aromatic heterocycles. The molecule has 1 aromatic carbocycles. The van der Waals surface area contributed by atoms with E-state index in [2.05, 4.69) is 14.1 Å². The van der Waals surface area contributed by atoms with E-state index in [0.29, 0.717) is 0 Å². The van der Waals surface area contributed by atoms with E-state index in [4.69, 9.17) is 11.6 Å². The van der Waals surface area contributed by atoms with Gasteiger partial charge in [-0.2, -0.15) is 13.2 Å². The summed E-state index contributed by atoms with van der Waals surface area (Å²) in [5, 5.41) is 0.287. The lowest BCUT2D eigenvalue weighted by Crippen LogP contribution is -2.05. The number of halogens is 4. The molecule has 0 radical (unpaired) electrons. The van der Waals surface area contributed by atoms with Crippen LogP contribution in [0.15, 0.2) is 28.7 Å². The zero-order valence-corrected chi connectivity index (χ0v) is 10.7. The molecule has 2 aromatic rings. The minimum atomic E-state index is -4.81. The van der Waals surface area contributed by atoms with Crippen LogP contribution in [-0.4, -0.2) is 18.1 Å². The molecule has 4 nitrogen and oxygen atoms in total. The van der Waals surface area contributed by atoms with E-state index in [1.54, 1.807) is 0 Å². The first-order chi connectivity index (χ1) is 9.32. The number of benzene rings is 1. The van der Waals surface area contributed by atoms with Crippen molar-refractivity contribution in [2.75, 3.05) is 7.11 Å². The summed E-state index contributed by atoms with van der Waals surface area (Å²) in [6, 6.07) is 5.87. The maximum atomic E-state index is 12.6. The van der Waals surface area contributed by atoms with Gasteiger partial charge >= 0.3 is 18.0 Å². The van der Waals surface area contributed by atoms with Crippen molar-refractivity contribution >= 4 is 17.6 Å². The molecule has 0 saturated carbocycles. The summed E-state index contributed by atoms with van der Waals surface area (Å²) < 4.78 is 46.7. The SMILES string of the molecule is COC(=O)c1oc(C(F)(F)F)nc1-c1cccc(Cl)c1. The van der Waals surface area contributed by atoms with Gasteiger partial charge < -0.3 is 9.15 Å². The Hall–Kier alpha value is -2.02. The van der Waals surface area contributed by atoms with Crippen LogP contribution in [0.5, 0.6) is 0 Å². The van der Waals surface area contributed by atoms with Crippen molar-refractivity contribution in [3.63, 3.8) is 0 Å². The van der Waals surface area contributed by atoms with E-state index in [1.807, 2.05) is 0 Å². The molecule has 0 unspecified atom stereocenters. The number of nitrogens with zero attached hydrogens (tertiary/aromatic N) is 1. The second-order valence-corrected chi connectivity index (χ2v) is 4.13. The van der Waals surface area contributed by atoms with Gasteiger partial charge in [-0.05, 0) is 12.1 Å². The molecule has 0 spiro atoms. The molecule has 0 N–H and O–H groups in total. The highest BCUT2D eigenvalue weighted by Gasteiger charge is 2.40. The number of hydrogen-bond acceptors (Lipinski definition) is 4. The monoisotopic (exact) mass is 305 g/mol. The molecule has 0 bridgehead atoms. The number of ether oxygens (including phenoxy) is 1. The van der Waals surface area contributed by atoms with Gasteiger partial charge in [0.1, 0.15) is 5.69 Å². The molecule has 8 heteroatoms. The van der Waals surface area contributed by atoms with Crippen molar-refractivity contribution in [3.05, 3.63) is 40.9 Å². The van der Waals surface area contributed by atoms with Gasteiger partial charge in [0.25, 0.3) is 0 Å². The number of hydrogen-bond donors (Lipinski definition) is 0. The summed E-state index contributed by atoms with van der Waals surface area (Å²) in [5.41, 5.74) is -0.0520. The third-order valence-corrected chi connectivity index (χ3v) is 2.57. The lowest BCUT2D eigenvalue weighted by Gasteiger charge is -1.99. The highest BCUT2D eigenvalue weighted by Crippen LogP contribution is 2.34. The zero-order valence-electron chi connectivity index (χ0n) is 9.99. The van der Waals surface area contributed by atoms with Crippen LogP contribution in [0.2, 0.25) is 5.02 Å². The fourth-order valence-electron chi connectivity index (χ4n) is 1.50. The fourth-order valence-corrected chi connectivity index (χ4v) is 1.69. The molecule has 0 saturated heterocycles. The van der Waals surface area contributed by atoms with Gasteiger partial charge in [-0.1, -0.05) is 23.7 Å². The smallest absolute Gasteiger partial charge is 0.463 e. The summed E-state index contributed by atoms with van der Waals surface area (Å²) in [6.07, 6.45) is -4.81. The Bertz CT molecular complexity index is 652. The predicted octanol–water partition coefficient (Wildman–Crippen LogP) is 3.80. The number of carbonyl (C=O) groups is 1. The first-order valence-electron chi connectivity index (χ1n) is 5.25. The van der Waals surface area contributed by atoms with Gasteiger partial charge in [0.15, 0.2) is 0 Å². The number of alkyl halides is 3. The molecule has 1 heterocycles. The molecule has 0 atom stereocenters. The zero-order chi connectivity index (χ0) is 14.9. The molecule has 0 amide bonds. The Balaban J connectivity index is 2.61. The van der Waals surface area contributed by atoms with E-state index in [9.17, 15) is 18.0 Å². The topological polar surface area (TPSA) is 52.3 Å². The molecule has 2 rings (SSSR count). The number of rotatable bonds is 2. The molecule has 0 aliphatic heterocycles. The third-order valence-electron chi connectivity index (χ3n) is 2.34. The predicted molar refractivity (Wildman–Crippen MR) is 63.3 cm³/mol. The summed E-state index contributed by atoms with van der Waals surface area (Å²) in [7, 11) is 1.03. The Morgan fingerprint density at radius 3 is 2.65 bits per heavy atom. The molecular weight excluding hydrogens is 299 g/mol. The van der Waals surface area contributed by atoms with Gasteiger partial charge in [-0.3, -0.25) is 0 Å². The van der Waals surface area contributed by atoms with E-state index in [1.165, 1.54) is 24.3 Å². The Morgan fingerprint density at radius 2 is 2.10 bits per heavy atom. The van der Waals surface area contributed by atoms with E-state index >= 15 is 0 Å². The number of esters is 1. The van der Waals surface area contributed by atoms with Crippen LogP contribution in [0.1, 0.15) is 16.4 Å². The average molecular weight is 306 g/mol. The van der Waals surface area contributed by atoms with Gasteiger partial charge in [0.2, 0.25) is 5.76 Å². The molecular formula is C12H7ClF3NO3. The van der Waals surface area contributed by atoms with Crippen LogP contribution in [0.3, 0.4) is 0 Å². The largest absolute Gasteiger partial charge is 0.468 e. The summed E-state index contributed by atoms with van der Waals surface area (Å²) in [4.78, 5) is 14.8. The normalized spacial score (nSPS) is 11.4. The second kappa shape index (κ2) is 5.16. The Labute approximate surface area is 116 Å². The van der Waals surface area contributed by atoms with Crippen LogP contribution in [0.4, 0.5) is 13.2 Å². The van der Waals surface area contributed by atoms with Crippen molar-refractivity contribution < 1.29 is 27.1 Å². The van der Waals surface area contributed by atoms with E-state index < -0.39 is 23.8 Å². The summed E-state index contributed by atoms with van der Waals surface area (Å²) in [6.45, 7) is 0. The molecule has 106 valence electrons. The lowest BCUT2D eigenvalue weighted by molar-refractivity contribution is -0.157. The molecule has 0 aliphatic rings. The van der Waals surface area contributed by atoms with Crippen LogP contribution in [-0.2, 0) is 10.9 Å². The molecule has 0 fully saturated rings.